The van der Waals surface area contributed by atoms with Gasteiger partial charge >= 0.3 is 0 Å². The maximum atomic E-state index is 13.3. The molecule has 2 amide bonds. The van der Waals surface area contributed by atoms with Crippen LogP contribution >= 0.6 is 0 Å². The number of nitrogens with zero attached hydrogens (tertiary/aromatic N) is 4. The Kier molecular flexibility index (Phi) is 7.91. The van der Waals surface area contributed by atoms with E-state index in [0.29, 0.717) is 17.5 Å². The third-order valence-corrected chi connectivity index (χ3v) is 7.68. The molecule has 1 atom stereocenters. The number of hydrogen-bond acceptors (Lipinski definition) is 4. The first-order valence-corrected chi connectivity index (χ1v) is 12.6. The molecule has 2 aliphatic rings. The molecule has 7 heteroatoms. The Balaban J connectivity index is 1.48. The Morgan fingerprint density at radius 3 is 2.50 bits per heavy atom. The van der Waals surface area contributed by atoms with Crippen LogP contribution in [0.4, 0.5) is 0 Å². The first kappa shape index (κ1) is 24.3. The highest BCUT2D eigenvalue weighted by Crippen LogP contribution is 2.31. The minimum Gasteiger partial charge on any atom is -0.497 e. The Labute approximate surface area is 203 Å². The van der Waals surface area contributed by atoms with Gasteiger partial charge in [-0.05, 0) is 61.8 Å². The van der Waals surface area contributed by atoms with Gasteiger partial charge in [-0.3, -0.25) is 14.3 Å². The lowest BCUT2D eigenvalue weighted by atomic mass is 9.83. The lowest BCUT2D eigenvalue weighted by Gasteiger charge is -2.41. The zero-order chi connectivity index (χ0) is 24.1. The first-order valence-electron chi connectivity index (χ1n) is 12.6. The number of rotatable bonds is 7. The SMILES string of the molecule is COc1cccc(C[C@@H](C2CCN(C(=O)C3CCCCC3)CC2)N(C)C(=O)c2ccn(C)n2)c1. The van der Waals surface area contributed by atoms with E-state index in [4.69, 9.17) is 4.74 Å². The summed E-state index contributed by atoms with van der Waals surface area (Å²) >= 11 is 0. The van der Waals surface area contributed by atoms with E-state index in [1.807, 2.05) is 37.2 Å². The number of methoxy groups -OCH3 is 1. The number of ether oxygens (including phenoxy) is 1. The van der Waals surface area contributed by atoms with Crippen LogP contribution in [0.25, 0.3) is 0 Å². The monoisotopic (exact) mass is 466 g/mol. The van der Waals surface area contributed by atoms with Crippen molar-refractivity contribution < 1.29 is 14.3 Å². The van der Waals surface area contributed by atoms with Crippen LogP contribution in [0.5, 0.6) is 5.75 Å². The highest BCUT2D eigenvalue weighted by Gasteiger charge is 2.35. The van der Waals surface area contributed by atoms with Gasteiger partial charge in [-0.1, -0.05) is 31.4 Å². The quantitative estimate of drug-likeness (QED) is 0.620. The van der Waals surface area contributed by atoms with Crippen molar-refractivity contribution in [3.8, 4) is 5.75 Å². The molecule has 0 radical (unpaired) electrons. The minimum absolute atomic E-state index is 0.0218. The maximum Gasteiger partial charge on any atom is 0.274 e. The Bertz CT molecular complexity index is 974. The average molecular weight is 467 g/mol. The molecule has 34 heavy (non-hydrogen) atoms. The molecule has 0 spiro atoms. The number of likely N-dealkylation sites (tertiary alicyclic amines) is 1. The van der Waals surface area contributed by atoms with Gasteiger partial charge < -0.3 is 14.5 Å². The Morgan fingerprint density at radius 2 is 1.85 bits per heavy atom. The summed E-state index contributed by atoms with van der Waals surface area (Å²) in [7, 11) is 5.39. The molecule has 184 valence electrons. The Morgan fingerprint density at radius 1 is 1.12 bits per heavy atom. The van der Waals surface area contributed by atoms with E-state index in [1.165, 1.54) is 19.3 Å². The number of aromatic nitrogens is 2. The summed E-state index contributed by atoms with van der Waals surface area (Å²) in [5, 5.41) is 4.33. The highest BCUT2D eigenvalue weighted by atomic mass is 16.5. The lowest BCUT2D eigenvalue weighted by molar-refractivity contribution is -0.138. The van der Waals surface area contributed by atoms with Crippen LogP contribution < -0.4 is 4.74 Å². The molecule has 2 fully saturated rings. The Hall–Kier alpha value is -2.83. The van der Waals surface area contributed by atoms with Crippen molar-refractivity contribution in [3.05, 3.63) is 47.8 Å². The van der Waals surface area contributed by atoms with Crippen molar-refractivity contribution in [3.63, 3.8) is 0 Å². The van der Waals surface area contributed by atoms with Gasteiger partial charge in [0.1, 0.15) is 11.4 Å². The molecule has 1 aromatic carbocycles. The van der Waals surface area contributed by atoms with Crippen molar-refractivity contribution in [2.24, 2.45) is 18.9 Å². The van der Waals surface area contributed by atoms with E-state index in [2.05, 4.69) is 16.1 Å². The number of carbonyl (C=O) groups excluding carboxylic acids is 2. The number of hydrogen-bond donors (Lipinski definition) is 0. The molecule has 1 saturated carbocycles. The van der Waals surface area contributed by atoms with Gasteiger partial charge in [-0.15, -0.1) is 0 Å². The fraction of sp³-hybridized carbons (Fsp3) is 0.593. The van der Waals surface area contributed by atoms with Crippen LogP contribution in [0.1, 0.15) is 61.0 Å². The number of piperidine rings is 1. The molecule has 0 N–H and O–H groups in total. The molecule has 1 aromatic heterocycles. The van der Waals surface area contributed by atoms with E-state index in [1.54, 1.807) is 24.1 Å². The van der Waals surface area contributed by atoms with Gasteiger partial charge in [0.05, 0.1) is 7.11 Å². The number of amides is 2. The van der Waals surface area contributed by atoms with Crippen LogP contribution in [0.2, 0.25) is 0 Å². The predicted octanol–water partition coefficient (Wildman–Crippen LogP) is 3.93. The molecule has 1 saturated heterocycles. The van der Waals surface area contributed by atoms with Crippen molar-refractivity contribution in [1.82, 2.24) is 19.6 Å². The standard InChI is InChI=1S/C27H38N4O3/c1-29-15-14-24(28-29)27(33)30(2)25(19-20-8-7-11-23(18-20)34-3)21-12-16-31(17-13-21)26(32)22-9-5-4-6-10-22/h7-8,11,14-15,18,21-22,25H,4-6,9-10,12-13,16-17,19H2,1-3H3/t25-/m0/s1. The van der Waals surface area contributed by atoms with Gasteiger partial charge in [0, 0.05) is 45.3 Å². The second-order valence-electron chi connectivity index (χ2n) is 9.91. The number of benzene rings is 1. The molecular formula is C27H38N4O3. The van der Waals surface area contributed by atoms with Crippen LogP contribution in [0.15, 0.2) is 36.5 Å². The van der Waals surface area contributed by atoms with Gasteiger partial charge in [-0.25, -0.2) is 0 Å². The highest BCUT2D eigenvalue weighted by molar-refractivity contribution is 5.92. The number of carbonyl (C=O) groups is 2. The minimum atomic E-state index is -0.0609. The molecule has 1 aliphatic carbocycles. The van der Waals surface area contributed by atoms with Gasteiger partial charge in [-0.2, -0.15) is 5.10 Å². The fourth-order valence-corrected chi connectivity index (χ4v) is 5.63. The smallest absolute Gasteiger partial charge is 0.274 e. The topological polar surface area (TPSA) is 67.7 Å². The third-order valence-electron chi connectivity index (χ3n) is 7.68. The molecule has 0 bridgehead atoms. The summed E-state index contributed by atoms with van der Waals surface area (Å²) in [4.78, 5) is 30.3. The summed E-state index contributed by atoms with van der Waals surface area (Å²) < 4.78 is 7.08. The van der Waals surface area contributed by atoms with E-state index < -0.39 is 0 Å². The van der Waals surface area contributed by atoms with Crippen LogP contribution in [-0.2, 0) is 18.3 Å². The third kappa shape index (κ3) is 5.62. The van der Waals surface area contributed by atoms with Crippen LogP contribution in [0, 0.1) is 11.8 Å². The second-order valence-corrected chi connectivity index (χ2v) is 9.91. The van der Waals surface area contributed by atoms with Crippen LogP contribution in [-0.4, -0.2) is 64.7 Å². The van der Waals surface area contributed by atoms with Gasteiger partial charge in [0.25, 0.3) is 5.91 Å². The fourth-order valence-electron chi connectivity index (χ4n) is 5.63. The van der Waals surface area contributed by atoms with Gasteiger partial charge in [0.2, 0.25) is 5.91 Å². The van der Waals surface area contributed by atoms with E-state index in [0.717, 1.165) is 56.5 Å². The number of aryl methyl sites for hydroxylation is 1. The predicted molar refractivity (Wildman–Crippen MR) is 132 cm³/mol. The average Bonchev–Trinajstić information content (AvgIpc) is 3.33. The summed E-state index contributed by atoms with van der Waals surface area (Å²) in [6.07, 6.45) is 10.1. The molecule has 1 aliphatic heterocycles. The van der Waals surface area contributed by atoms with Crippen molar-refractivity contribution in [1.29, 1.82) is 0 Å². The largest absolute Gasteiger partial charge is 0.497 e. The molecule has 0 unspecified atom stereocenters. The molecule has 7 nitrogen and oxygen atoms in total. The van der Waals surface area contributed by atoms with E-state index >= 15 is 0 Å². The van der Waals surface area contributed by atoms with Crippen LogP contribution in [0.3, 0.4) is 0 Å². The normalized spacial score (nSPS) is 18.5. The maximum absolute atomic E-state index is 13.3. The first-order chi connectivity index (χ1) is 16.5. The van der Waals surface area contributed by atoms with Crippen molar-refractivity contribution in [2.45, 2.75) is 57.4 Å². The van der Waals surface area contributed by atoms with Crippen molar-refractivity contribution in [2.75, 3.05) is 27.2 Å². The zero-order valence-corrected chi connectivity index (χ0v) is 20.8. The lowest BCUT2D eigenvalue weighted by Crippen LogP contribution is -2.49. The molecular weight excluding hydrogens is 428 g/mol. The van der Waals surface area contributed by atoms with Gasteiger partial charge in [0.15, 0.2) is 0 Å². The van der Waals surface area contributed by atoms with E-state index in [9.17, 15) is 9.59 Å². The molecule has 2 aromatic rings. The summed E-state index contributed by atoms with van der Waals surface area (Å²) in [5.74, 6) is 1.64. The summed E-state index contributed by atoms with van der Waals surface area (Å²) in [5.41, 5.74) is 1.61. The number of likely N-dealkylation sites (N-methyl/N-ethyl adjacent to an activating group) is 1. The summed E-state index contributed by atoms with van der Waals surface area (Å²) in [6, 6.07) is 9.87. The molecule has 4 rings (SSSR count). The van der Waals surface area contributed by atoms with E-state index in [-0.39, 0.29) is 17.9 Å². The van der Waals surface area contributed by atoms with Crippen molar-refractivity contribution >= 4 is 11.8 Å². The summed E-state index contributed by atoms with van der Waals surface area (Å²) in [6.45, 7) is 1.56. The second kappa shape index (κ2) is 11.1. The zero-order valence-electron chi connectivity index (χ0n) is 20.8. The molecule has 2 heterocycles.